The zero-order chi connectivity index (χ0) is 11.1. The molecule has 1 N–H and O–H groups in total. The zero-order valence-corrected chi connectivity index (χ0v) is 9.98. The smallest absolute Gasteiger partial charge is 0.145 e. The van der Waals surface area contributed by atoms with Crippen molar-refractivity contribution in [1.82, 2.24) is 0 Å². The van der Waals surface area contributed by atoms with Gasteiger partial charge in [-0.25, -0.2) is 0 Å². The van der Waals surface area contributed by atoms with Gasteiger partial charge in [0.1, 0.15) is 5.75 Å². The Morgan fingerprint density at radius 3 is 2.60 bits per heavy atom. The molecule has 2 heteroatoms. The summed E-state index contributed by atoms with van der Waals surface area (Å²) in [6.07, 6.45) is 0. The van der Waals surface area contributed by atoms with Crippen molar-refractivity contribution in [1.29, 1.82) is 0 Å². The average molecular weight is 205 g/mol. The van der Waals surface area contributed by atoms with Crippen LogP contribution in [0.3, 0.4) is 0 Å². The van der Waals surface area contributed by atoms with E-state index in [0.29, 0.717) is 0 Å². The number of rotatable bonds is 0. The summed E-state index contributed by atoms with van der Waals surface area (Å²) in [5.74, 6) is 1.03. The van der Waals surface area contributed by atoms with Crippen molar-refractivity contribution < 1.29 is 4.74 Å². The molecule has 0 aromatic heterocycles. The maximum absolute atomic E-state index is 5.91. The first kappa shape index (κ1) is 10.3. The largest absolute Gasteiger partial charge is 0.491 e. The van der Waals surface area contributed by atoms with Gasteiger partial charge in [0, 0.05) is 12.0 Å². The summed E-state index contributed by atoms with van der Waals surface area (Å²) < 4.78 is 5.91. The van der Waals surface area contributed by atoms with Gasteiger partial charge >= 0.3 is 0 Å². The third-order valence-electron chi connectivity index (χ3n) is 2.91. The molecule has 0 bridgehead atoms. The Labute approximate surface area is 91.6 Å². The fourth-order valence-corrected chi connectivity index (χ4v) is 1.84. The lowest BCUT2D eigenvalue weighted by Gasteiger charge is -2.20. The zero-order valence-electron chi connectivity index (χ0n) is 9.98. The molecule has 0 spiro atoms. The molecule has 1 aromatic carbocycles. The molecule has 0 amide bonds. The van der Waals surface area contributed by atoms with E-state index in [-0.39, 0.29) is 5.41 Å². The van der Waals surface area contributed by atoms with E-state index in [1.807, 2.05) is 0 Å². The van der Waals surface area contributed by atoms with Crippen LogP contribution in [-0.4, -0.2) is 13.2 Å². The Balaban J connectivity index is 2.43. The van der Waals surface area contributed by atoms with Crippen molar-refractivity contribution >= 4 is 5.69 Å². The maximum Gasteiger partial charge on any atom is 0.145 e. The number of hydrogen-bond acceptors (Lipinski definition) is 2. The first-order chi connectivity index (χ1) is 6.99. The molecule has 15 heavy (non-hydrogen) atoms. The molecule has 1 aliphatic heterocycles. The Kier molecular flexibility index (Phi) is 2.37. The monoisotopic (exact) mass is 205 g/mol. The molecule has 0 aliphatic carbocycles. The SMILES string of the molecule is Cc1ccc(C)c2c1NCC(C)(C)CO2. The molecule has 0 saturated heterocycles. The van der Waals surface area contributed by atoms with Crippen LogP contribution in [0.5, 0.6) is 5.75 Å². The predicted molar refractivity (Wildman–Crippen MR) is 63.7 cm³/mol. The Morgan fingerprint density at radius 2 is 1.87 bits per heavy atom. The lowest BCUT2D eigenvalue weighted by Crippen LogP contribution is -2.27. The molecule has 0 radical (unpaired) electrons. The summed E-state index contributed by atoms with van der Waals surface area (Å²) in [6.45, 7) is 10.4. The van der Waals surface area contributed by atoms with Crippen LogP contribution in [0.4, 0.5) is 5.69 Å². The topological polar surface area (TPSA) is 21.3 Å². The number of anilines is 1. The summed E-state index contributed by atoms with van der Waals surface area (Å²) >= 11 is 0. The third kappa shape index (κ3) is 1.94. The van der Waals surface area contributed by atoms with Gasteiger partial charge in [-0.15, -0.1) is 0 Å². The molecule has 1 aliphatic rings. The van der Waals surface area contributed by atoms with Crippen molar-refractivity contribution in [2.45, 2.75) is 27.7 Å². The maximum atomic E-state index is 5.91. The third-order valence-corrected chi connectivity index (χ3v) is 2.91. The summed E-state index contributed by atoms with van der Waals surface area (Å²) in [6, 6.07) is 4.26. The highest BCUT2D eigenvalue weighted by molar-refractivity contribution is 5.65. The van der Waals surface area contributed by atoms with Gasteiger partial charge in [-0.2, -0.15) is 0 Å². The fourth-order valence-electron chi connectivity index (χ4n) is 1.84. The van der Waals surface area contributed by atoms with E-state index in [4.69, 9.17) is 4.74 Å². The standard InChI is InChI=1S/C13H19NO/c1-9-5-6-10(2)12-11(9)14-7-13(3,4)8-15-12/h5-6,14H,7-8H2,1-4H3. The summed E-state index contributed by atoms with van der Waals surface area (Å²) in [4.78, 5) is 0. The van der Waals surface area contributed by atoms with E-state index in [0.717, 1.165) is 18.9 Å². The molecule has 1 aromatic rings. The summed E-state index contributed by atoms with van der Waals surface area (Å²) in [5, 5.41) is 3.50. The number of nitrogens with one attached hydrogen (secondary N) is 1. The molecular weight excluding hydrogens is 186 g/mol. The lowest BCUT2D eigenvalue weighted by molar-refractivity contribution is 0.199. The van der Waals surface area contributed by atoms with Crippen molar-refractivity contribution in [2.24, 2.45) is 5.41 Å². The summed E-state index contributed by atoms with van der Waals surface area (Å²) in [5.41, 5.74) is 3.83. The molecular formula is C13H19NO. The molecule has 0 saturated carbocycles. The predicted octanol–water partition coefficient (Wildman–Crippen LogP) is 3.13. The van der Waals surface area contributed by atoms with Gasteiger partial charge in [0.2, 0.25) is 0 Å². The first-order valence-electron chi connectivity index (χ1n) is 5.46. The molecule has 0 fully saturated rings. The van der Waals surface area contributed by atoms with Crippen LogP contribution in [-0.2, 0) is 0 Å². The van der Waals surface area contributed by atoms with E-state index in [9.17, 15) is 0 Å². The number of fused-ring (bicyclic) bond motifs is 1. The minimum Gasteiger partial charge on any atom is -0.491 e. The van der Waals surface area contributed by atoms with Gasteiger partial charge in [0.15, 0.2) is 0 Å². The van der Waals surface area contributed by atoms with Crippen LogP contribution >= 0.6 is 0 Å². The van der Waals surface area contributed by atoms with Crippen LogP contribution in [0.15, 0.2) is 12.1 Å². The van der Waals surface area contributed by atoms with Crippen molar-refractivity contribution in [2.75, 3.05) is 18.5 Å². The minimum atomic E-state index is 0.192. The molecule has 0 atom stereocenters. The van der Waals surface area contributed by atoms with E-state index in [1.54, 1.807) is 0 Å². The average Bonchev–Trinajstić information content (AvgIpc) is 2.32. The van der Waals surface area contributed by atoms with Gasteiger partial charge in [-0.3, -0.25) is 0 Å². The van der Waals surface area contributed by atoms with Crippen LogP contribution in [0.25, 0.3) is 0 Å². The van der Waals surface area contributed by atoms with Gasteiger partial charge < -0.3 is 10.1 Å². The van der Waals surface area contributed by atoms with E-state index >= 15 is 0 Å². The normalized spacial score (nSPS) is 18.4. The van der Waals surface area contributed by atoms with Crippen LogP contribution < -0.4 is 10.1 Å². The first-order valence-corrected chi connectivity index (χ1v) is 5.46. The van der Waals surface area contributed by atoms with Gasteiger partial charge in [-0.05, 0) is 25.0 Å². The molecule has 1 heterocycles. The molecule has 0 unspecified atom stereocenters. The fraction of sp³-hybridized carbons (Fsp3) is 0.538. The van der Waals surface area contributed by atoms with Gasteiger partial charge in [-0.1, -0.05) is 26.0 Å². The van der Waals surface area contributed by atoms with E-state index in [2.05, 4.69) is 45.1 Å². The van der Waals surface area contributed by atoms with Crippen LogP contribution in [0, 0.1) is 19.3 Å². The quantitative estimate of drug-likeness (QED) is 0.702. The number of ether oxygens (including phenoxy) is 1. The Hall–Kier alpha value is -1.18. The van der Waals surface area contributed by atoms with Crippen molar-refractivity contribution in [3.8, 4) is 5.75 Å². The van der Waals surface area contributed by atoms with Gasteiger partial charge in [0.25, 0.3) is 0 Å². The second-order valence-corrected chi connectivity index (χ2v) is 5.21. The number of aryl methyl sites for hydroxylation is 2. The number of hydrogen-bond donors (Lipinski definition) is 1. The highest BCUT2D eigenvalue weighted by Gasteiger charge is 2.24. The highest BCUT2D eigenvalue weighted by atomic mass is 16.5. The minimum absolute atomic E-state index is 0.192. The second kappa shape index (κ2) is 3.44. The highest BCUT2D eigenvalue weighted by Crippen LogP contribution is 2.36. The van der Waals surface area contributed by atoms with Crippen LogP contribution in [0.2, 0.25) is 0 Å². The lowest BCUT2D eigenvalue weighted by atomic mass is 9.95. The van der Waals surface area contributed by atoms with Crippen molar-refractivity contribution in [3.05, 3.63) is 23.3 Å². The summed E-state index contributed by atoms with van der Waals surface area (Å²) in [7, 11) is 0. The molecule has 82 valence electrons. The molecule has 2 rings (SSSR count). The Bertz CT molecular complexity index is 347. The van der Waals surface area contributed by atoms with Crippen molar-refractivity contribution in [3.63, 3.8) is 0 Å². The number of benzene rings is 1. The van der Waals surface area contributed by atoms with E-state index < -0.39 is 0 Å². The Morgan fingerprint density at radius 1 is 1.20 bits per heavy atom. The van der Waals surface area contributed by atoms with Gasteiger partial charge in [0.05, 0.1) is 12.3 Å². The van der Waals surface area contributed by atoms with E-state index in [1.165, 1.54) is 16.8 Å². The molecule has 2 nitrogen and oxygen atoms in total. The van der Waals surface area contributed by atoms with Crippen LogP contribution in [0.1, 0.15) is 25.0 Å². The second-order valence-electron chi connectivity index (χ2n) is 5.21.